The zero-order valence-electron chi connectivity index (χ0n) is 14.0. The Morgan fingerprint density at radius 1 is 1.35 bits per heavy atom. The molecular formula is C15H24ClN5O2. The van der Waals surface area contributed by atoms with Gasteiger partial charge in [0.05, 0.1) is 11.4 Å². The minimum Gasteiger partial charge on any atom is -0.444 e. The van der Waals surface area contributed by atoms with E-state index in [-0.39, 0.29) is 17.4 Å². The van der Waals surface area contributed by atoms with Crippen LogP contribution in [0.3, 0.4) is 0 Å². The van der Waals surface area contributed by atoms with Crippen molar-refractivity contribution in [3.8, 4) is 0 Å². The van der Waals surface area contributed by atoms with Gasteiger partial charge in [0.1, 0.15) is 5.60 Å². The Balaban J connectivity index is 1.92. The molecule has 128 valence electrons. The summed E-state index contributed by atoms with van der Waals surface area (Å²) in [6.45, 7) is 8.64. The summed E-state index contributed by atoms with van der Waals surface area (Å²) in [6.07, 6.45) is 1.31. The third-order valence-electron chi connectivity index (χ3n) is 3.60. The van der Waals surface area contributed by atoms with E-state index in [9.17, 15) is 4.79 Å². The number of piperidine rings is 1. The number of amides is 1. The van der Waals surface area contributed by atoms with Gasteiger partial charge in [-0.1, -0.05) is 0 Å². The number of aromatic nitrogens is 2. The summed E-state index contributed by atoms with van der Waals surface area (Å²) >= 11 is 5.88. The van der Waals surface area contributed by atoms with Gasteiger partial charge in [-0.3, -0.25) is 0 Å². The van der Waals surface area contributed by atoms with Crippen molar-refractivity contribution in [1.29, 1.82) is 0 Å². The third kappa shape index (κ3) is 4.86. The number of anilines is 2. The summed E-state index contributed by atoms with van der Waals surface area (Å²) in [5.74, 6) is 0.554. The highest BCUT2D eigenvalue weighted by atomic mass is 35.5. The minimum absolute atomic E-state index is 0.172. The van der Waals surface area contributed by atoms with Crippen LogP contribution in [0.5, 0.6) is 0 Å². The van der Waals surface area contributed by atoms with Crippen LogP contribution in [-0.2, 0) is 4.74 Å². The SMILES string of the molecule is Cc1nc(Cl)nc(NC2CCN(C(=O)OC(C)(C)C)CC2)c1N. The van der Waals surface area contributed by atoms with Gasteiger partial charge in [-0.25, -0.2) is 9.78 Å². The van der Waals surface area contributed by atoms with E-state index in [0.29, 0.717) is 30.3 Å². The molecule has 0 aliphatic carbocycles. The Bertz CT molecular complexity index is 580. The van der Waals surface area contributed by atoms with Crippen LogP contribution >= 0.6 is 11.6 Å². The Morgan fingerprint density at radius 3 is 2.52 bits per heavy atom. The summed E-state index contributed by atoms with van der Waals surface area (Å²) in [5.41, 5.74) is 6.66. The first-order valence-electron chi connectivity index (χ1n) is 7.70. The molecule has 1 amide bonds. The molecule has 1 aliphatic heterocycles. The number of nitrogens with zero attached hydrogens (tertiary/aromatic N) is 3. The van der Waals surface area contributed by atoms with Crippen molar-refractivity contribution < 1.29 is 9.53 Å². The van der Waals surface area contributed by atoms with Crippen LogP contribution < -0.4 is 11.1 Å². The number of hydrogen-bond donors (Lipinski definition) is 2. The molecule has 7 nitrogen and oxygen atoms in total. The number of likely N-dealkylation sites (tertiary alicyclic amines) is 1. The number of carbonyl (C=O) groups is 1. The lowest BCUT2D eigenvalue weighted by atomic mass is 10.1. The molecule has 0 unspecified atom stereocenters. The fourth-order valence-electron chi connectivity index (χ4n) is 2.38. The van der Waals surface area contributed by atoms with Gasteiger partial charge in [-0.15, -0.1) is 0 Å². The van der Waals surface area contributed by atoms with Crippen LogP contribution in [0.2, 0.25) is 5.28 Å². The Hall–Kier alpha value is -1.76. The Labute approximate surface area is 141 Å². The molecule has 0 aromatic carbocycles. The van der Waals surface area contributed by atoms with Crippen LogP contribution in [0, 0.1) is 6.92 Å². The van der Waals surface area contributed by atoms with E-state index in [0.717, 1.165) is 12.8 Å². The van der Waals surface area contributed by atoms with E-state index in [2.05, 4.69) is 15.3 Å². The molecule has 23 heavy (non-hydrogen) atoms. The number of nitrogens with one attached hydrogen (secondary N) is 1. The maximum absolute atomic E-state index is 12.0. The molecule has 1 aliphatic rings. The maximum Gasteiger partial charge on any atom is 0.410 e. The first-order chi connectivity index (χ1) is 10.7. The summed E-state index contributed by atoms with van der Waals surface area (Å²) in [6, 6.07) is 0.182. The highest BCUT2D eigenvalue weighted by Crippen LogP contribution is 2.24. The Kier molecular flexibility index (Phi) is 5.19. The number of nitrogens with two attached hydrogens (primary N) is 1. The summed E-state index contributed by atoms with van der Waals surface area (Å²) < 4.78 is 5.39. The number of hydrogen-bond acceptors (Lipinski definition) is 6. The molecule has 1 aromatic heterocycles. The molecule has 1 aromatic rings. The maximum atomic E-state index is 12.0. The lowest BCUT2D eigenvalue weighted by Gasteiger charge is -2.34. The molecule has 3 N–H and O–H groups in total. The number of aryl methyl sites for hydroxylation is 1. The zero-order valence-corrected chi connectivity index (χ0v) is 14.8. The summed E-state index contributed by atoms with van der Waals surface area (Å²) in [5, 5.41) is 3.47. The van der Waals surface area contributed by atoms with E-state index in [1.807, 2.05) is 20.8 Å². The molecule has 0 spiro atoms. The standard InChI is InChI=1S/C15H24ClN5O2/c1-9-11(17)12(20-13(16)18-9)19-10-5-7-21(8-6-10)14(22)23-15(2,3)4/h10H,5-8,17H2,1-4H3,(H,18,19,20). The van der Waals surface area contributed by atoms with E-state index in [1.54, 1.807) is 11.8 Å². The smallest absolute Gasteiger partial charge is 0.410 e. The van der Waals surface area contributed by atoms with Gasteiger partial charge in [0.2, 0.25) is 5.28 Å². The quantitative estimate of drug-likeness (QED) is 0.803. The molecule has 0 atom stereocenters. The van der Waals surface area contributed by atoms with Crippen molar-refractivity contribution in [3.05, 3.63) is 11.0 Å². The fourth-order valence-corrected chi connectivity index (χ4v) is 2.59. The van der Waals surface area contributed by atoms with E-state index in [4.69, 9.17) is 22.1 Å². The normalized spacial score (nSPS) is 16.3. The molecular weight excluding hydrogens is 318 g/mol. The van der Waals surface area contributed by atoms with Crippen molar-refractivity contribution in [1.82, 2.24) is 14.9 Å². The summed E-state index contributed by atoms with van der Waals surface area (Å²) in [4.78, 5) is 21.9. The van der Waals surface area contributed by atoms with Crippen LogP contribution in [0.4, 0.5) is 16.3 Å². The Morgan fingerprint density at radius 2 is 1.96 bits per heavy atom. The van der Waals surface area contributed by atoms with Crippen LogP contribution in [0.1, 0.15) is 39.3 Å². The second-order valence-corrected chi connectivity index (χ2v) is 7.06. The second kappa shape index (κ2) is 6.78. The van der Waals surface area contributed by atoms with Crippen molar-refractivity contribution in [2.45, 2.75) is 52.2 Å². The monoisotopic (exact) mass is 341 g/mol. The van der Waals surface area contributed by atoms with Crippen LogP contribution in [-0.4, -0.2) is 45.7 Å². The van der Waals surface area contributed by atoms with E-state index in [1.165, 1.54) is 0 Å². The van der Waals surface area contributed by atoms with Crippen LogP contribution in [0.15, 0.2) is 0 Å². The molecule has 1 fully saturated rings. The minimum atomic E-state index is -0.476. The molecule has 0 bridgehead atoms. The summed E-state index contributed by atoms with van der Waals surface area (Å²) in [7, 11) is 0. The third-order valence-corrected chi connectivity index (χ3v) is 3.77. The lowest BCUT2D eigenvalue weighted by molar-refractivity contribution is 0.0210. The van der Waals surface area contributed by atoms with Gasteiger partial charge in [0.25, 0.3) is 0 Å². The van der Waals surface area contributed by atoms with Crippen molar-refractivity contribution in [2.75, 3.05) is 24.1 Å². The van der Waals surface area contributed by atoms with E-state index >= 15 is 0 Å². The number of carbonyl (C=O) groups excluding carboxylic acids is 1. The molecule has 2 rings (SSSR count). The van der Waals surface area contributed by atoms with Crippen molar-refractivity contribution in [2.24, 2.45) is 0 Å². The van der Waals surface area contributed by atoms with Crippen molar-refractivity contribution in [3.63, 3.8) is 0 Å². The average molecular weight is 342 g/mol. The zero-order chi connectivity index (χ0) is 17.2. The van der Waals surface area contributed by atoms with Gasteiger partial charge in [0, 0.05) is 19.1 Å². The molecule has 8 heteroatoms. The lowest BCUT2D eigenvalue weighted by Crippen LogP contribution is -2.44. The number of rotatable bonds is 2. The molecule has 0 saturated carbocycles. The number of halogens is 1. The molecule has 0 radical (unpaired) electrons. The first-order valence-corrected chi connectivity index (χ1v) is 8.07. The highest BCUT2D eigenvalue weighted by molar-refractivity contribution is 6.28. The van der Waals surface area contributed by atoms with Gasteiger partial charge < -0.3 is 20.7 Å². The van der Waals surface area contributed by atoms with Crippen LogP contribution in [0.25, 0.3) is 0 Å². The molecule has 1 saturated heterocycles. The second-order valence-electron chi connectivity index (χ2n) is 6.73. The van der Waals surface area contributed by atoms with Gasteiger partial charge in [0.15, 0.2) is 5.82 Å². The topological polar surface area (TPSA) is 93.4 Å². The van der Waals surface area contributed by atoms with Gasteiger partial charge in [-0.2, -0.15) is 4.98 Å². The number of nitrogen functional groups attached to an aromatic ring is 1. The largest absolute Gasteiger partial charge is 0.444 e. The average Bonchev–Trinajstić information content (AvgIpc) is 2.43. The van der Waals surface area contributed by atoms with Gasteiger partial charge in [-0.05, 0) is 52.1 Å². The number of ether oxygens (including phenoxy) is 1. The van der Waals surface area contributed by atoms with Gasteiger partial charge >= 0.3 is 6.09 Å². The molecule has 2 heterocycles. The van der Waals surface area contributed by atoms with E-state index < -0.39 is 5.60 Å². The predicted octanol–water partition coefficient (Wildman–Crippen LogP) is 2.83. The predicted molar refractivity (Wildman–Crippen MR) is 90.6 cm³/mol. The highest BCUT2D eigenvalue weighted by Gasteiger charge is 2.27. The fraction of sp³-hybridized carbons (Fsp3) is 0.667. The van der Waals surface area contributed by atoms with Crippen molar-refractivity contribution >= 4 is 29.2 Å². The first kappa shape index (κ1) is 17.6.